The second-order valence-corrected chi connectivity index (χ2v) is 5.24. The van der Waals surface area contributed by atoms with Crippen LogP contribution in [0.4, 0.5) is 0 Å². The maximum atomic E-state index is 9.61. The molecule has 0 saturated carbocycles. The molecule has 5 heteroatoms. The molecule has 0 fully saturated rings. The number of thiophene rings is 1. The zero-order chi connectivity index (χ0) is 12.5. The Morgan fingerprint density at radius 3 is 2.88 bits per heavy atom. The number of methoxy groups -OCH3 is 1. The third kappa shape index (κ3) is 6.75. The van der Waals surface area contributed by atoms with Gasteiger partial charge in [-0.25, -0.2) is 0 Å². The Hall–Kier alpha value is -0.460. The summed E-state index contributed by atoms with van der Waals surface area (Å²) in [6.45, 7) is 4.87. The van der Waals surface area contributed by atoms with E-state index in [1.165, 1.54) is 9.75 Å². The van der Waals surface area contributed by atoms with E-state index >= 15 is 0 Å². The zero-order valence-electron chi connectivity index (χ0n) is 10.4. The van der Waals surface area contributed by atoms with Crippen LogP contribution in [0.2, 0.25) is 0 Å². The van der Waals surface area contributed by atoms with Gasteiger partial charge in [-0.2, -0.15) is 0 Å². The van der Waals surface area contributed by atoms with Crippen LogP contribution in [0.3, 0.4) is 0 Å². The Bertz CT molecular complexity index is 304. The van der Waals surface area contributed by atoms with E-state index in [-0.39, 0.29) is 0 Å². The predicted octanol–water partition coefficient (Wildman–Crippen LogP) is 1.17. The van der Waals surface area contributed by atoms with Crippen LogP contribution in [0, 0.1) is 6.92 Å². The summed E-state index contributed by atoms with van der Waals surface area (Å²) < 4.78 is 10.1. The van der Waals surface area contributed by atoms with Crippen LogP contribution in [-0.2, 0) is 16.0 Å². The molecule has 98 valence electrons. The Morgan fingerprint density at radius 2 is 2.24 bits per heavy atom. The Kier molecular flexibility index (Phi) is 7.39. The highest BCUT2D eigenvalue weighted by Gasteiger charge is 2.04. The minimum Gasteiger partial charge on any atom is -0.389 e. The average molecular weight is 259 g/mol. The summed E-state index contributed by atoms with van der Waals surface area (Å²) in [6.07, 6.45) is -0.465. The molecule has 0 aromatic carbocycles. The van der Waals surface area contributed by atoms with Crippen LogP contribution in [0.25, 0.3) is 0 Å². The quantitative estimate of drug-likeness (QED) is 0.654. The molecule has 1 unspecified atom stereocenters. The lowest BCUT2D eigenvalue weighted by atomic mass is 10.3. The number of nitrogens with one attached hydrogen (secondary N) is 1. The molecule has 0 aliphatic rings. The molecule has 1 atom stereocenters. The third-order valence-corrected chi connectivity index (χ3v) is 3.22. The summed E-state index contributed by atoms with van der Waals surface area (Å²) in [5.41, 5.74) is 0. The Balaban J connectivity index is 2.02. The summed E-state index contributed by atoms with van der Waals surface area (Å²) in [5.74, 6) is 0. The maximum absolute atomic E-state index is 9.61. The lowest BCUT2D eigenvalue weighted by molar-refractivity contribution is 0.0137. The van der Waals surface area contributed by atoms with Crippen molar-refractivity contribution in [2.45, 2.75) is 19.6 Å². The van der Waals surface area contributed by atoms with Crippen LogP contribution in [0.1, 0.15) is 9.75 Å². The molecular weight excluding hydrogens is 238 g/mol. The number of aryl methyl sites for hydroxylation is 1. The van der Waals surface area contributed by atoms with Gasteiger partial charge in [0.2, 0.25) is 0 Å². The van der Waals surface area contributed by atoms with Gasteiger partial charge in [0.25, 0.3) is 0 Å². The SMILES string of the molecule is COCCOCC(O)CNCc1ccc(C)s1. The monoisotopic (exact) mass is 259 g/mol. The number of aliphatic hydroxyl groups excluding tert-OH is 1. The van der Waals surface area contributed by atoms with Crippen molar-refractivity contribution in [3.05, 3.63) is 21.9 Å². The maximum Gasteiger partial charge on any atom is 0.0897 e. The van der Waals surface area contributed by atoms with Gasteiger partial charge in [0.15, 0.2) is 0 Å². The number of hydrogen-bond donors (Lipinski definition) is 2. The minimum atomic E-state index is -0.465. The molecule has 0 spiro atoms. The molecule has 2 N–H and O–H groups in total. The van der Waals surface area contributed by atoms with E-state index in [1.54, 1.807) is 18.4 Å². The zero-order valence-corrected chi connectivity index (χ0v) is 11.3. The van der Waals surface area contributed by atoms with Gasteiger partial charge in [0, 0.05) is 30.0 Å². The van der Waals surface area contributed by atoms with Gasteiger partial charge in [-0.3, -0.25) is 0 Å². The highest BCUT2D eigenvalue weighted by molar-refractivity contribution is 7.11. The molecule has 17 heavy (non-hydrogen) atoms. The minimum absolute atomic E-state index is 0.347. The van der Waals surface area contributed by atoms with Crippen molar-refractivity contribution in [1.82, 2.24) is 5.32 Å². The van der Waals surface area contributed by atoms with E-state index in [9.17, 15) is 5.11 Å². The van der Waals surface area contributed by atoms with E-state index in [1.807, 2.05) is 0 Å². The summed E-state index contributed by atoms with van der Waals surface area (Å²) in [7, 11) is 1.63. The molecule has 0 aliphatic carbocycles. The fraction of sp³-hybridized carbons (Fsp3) is 0.667. The largest absolute Gasteiger partial charge is 0.389 e. The Labute approximate surface area is 107 Å². The van der Waals surface area contributed by atoms with E-state index in [2.05, 4.69) is 24.4 Å². The van der Waals surface area contributed by atoms with Gasteiger partial charge >= 0.3 is 0 Å². The molecule has 0 bridgehead atoms. The first-order chi connectivity index (χ1) is 8.22. The highest BCUT2D eigenvalue weighted by Crippen LogP contribution is 2.14. The van der Waals surface area contributed by atoms with Crippen LogP contribution >= 0.6 is 11.3 Å². The van der Waals surface area contributed by atoms with Crippen molar-refractivity contribution < 1.29 is 14.6 Å². The van der Waals surface area contributed by atoms with Gasteiger partial charge in [-0.05, 0) is 19.1 Å². The number of aliphatic hydroxyl groups is 1. The van der Waals surface area contributed by atoms with Crippen molar-refractivity contribution in [2.24, 2.45) is 0 Å². The van der Waals surface area contributed by atoms with Crippen LogP contribution in [0.15, 0.2) is 12.1 Å². The highest BCUT2D eigenvalue weighted by atomic mass is 32.1. The van der Waals surface area contributed by atoms with Gasteiger partial charge < -0.3 is 19.9 Å². The second-order valence-electron chi connectivity index (χ2n) is 3.86. The molecule has 0 aliphatic heterocycles. The first kappa shape index (κ1) is 14.6. The number of hydrogen-bond acceptors (Lipinski definition) is 5. The van der Waals surface area contributed by atoms with Crippen molar-refractivity contribution >= 4 is 11.3 Å². The standard InChI is InChI=1S/C12H21NO3S/c1-10-3-4-12(17-10)8-13-7-11(14)9-16-6-5-15-2/h3-4,11,13-14H,5-9H2,1-2H3. The van der Waals surface area contributed by atoms with Gasteiger partial charge in [-0.1, -0.05) is 0 Å². The third-order valence-electron chi connectivity index (χ3n) is 2.22. The average Bonchev–Trinajstić information content (AvgIpc) is 2.71. The Morgan fingerprint density at radius 1 is 1.41 bits per heavy atom. The van der Waals surface area contributed by atoms with E-state index in [4.69, 9.17) is 9.47 Å². The summed E-state index contributed by atoms with van der Waals surface area (Å²) >= 11 is 1.77. The predicted molar refractivity (Wildman–Crippen MR) is 69.5 cm³/mol. The van der Waals surface area contributed by atoms with Gasteiger partial charge in [0.05, 0.1) is 25.9 Å². The van der Waals surface area contributed by atoms with Crippen molar-refractivity contribution in [3.63, 3.8) is 0 Å². The van der Waals surface area contributed by atoms with Gasteiger partial charge in [-0.15, -0.1) is 11.3 Å². The number of ether oxygens (including phenoxy) is 2. The van der Waals surface area contributed by atoms with Crippen molar-refractivity contribution in [1.29, 1.82) is 0 Å². The topological polar surface area (TPSA) is 50.7 Å². The fourth-order valence-electron chi connectivity index (χ4n) is 1.36. The lowest BCUT2D eigenvalue weighted by Gasteiger charge is -2.11. The molecule has 1 heterocycles. The van der Waals surface area contributed by atoms with Crippen LogP contribution < -0.4 is 5.32 Å². The number of rotatable bonds is 9. The first-order valence-corrected chi connectivity index (χ1v) is 6.55. The smallest absolute Gasteiger partial charge is 0.0897 e. The van der Waals surface area contributed by atoms with Crippen molar-refractivity contribution in [3.8, 4) is 0 Å². The molecule has 0 radical (unpaired) electrons. The summed E-state index contributed by atoms with van der Waals surface area (Å²) in [5, 5.41) is 12.8. The normalized spacial score (nSPS) is 12.9. The molecular formula is C12H21NO3S. The van der Waals surface area contributed by atoms with Gasteiger partial charge in [0.1, 0.15) is 0 Å². The molecule has 1 aromatic rings. The van der Waals surface area contributed by atoms with Crippen molar-refractivity contribution in [2.75, 3.05) is 33.5 Å². The summed E-state index contributed by atoms with van der Waals surface area (Å²) in [4.78, 5) is 2.60. The lowest BCUT2D eigenvalue weighted by Crippen LogP contribution is -2.30. The van der Waals surface area contributed by atoms with Crippen LogP contribution in [0.5, 0.6) is 0 Å². The van der Waals surface area contributed by atoms with Crippen LogP contribution in [-0.4, -0.2) is 44.7 Å². The fourth-order valence-corrected chi connectivity index (χ4v) is 2.22. The van der Waals surface area contributed by atoms with E-state index < -0.39 is 6.10 Å². The summed E-state index contributed by atoms with van der Waals surface area (Å²) in [6, 6.07) is 4.21. The molecule has 0 saturated heterocycles. The second kappa shape index (κ2) is 8.60. The first-order valence-electron chi connectivity index (χ1n) is 5.73. The molecule has 1 rings (SSSR count). The molecule has 1 aromatic heterocycles. The van der Waals surface area contributed by atoms with E-state index in [0.717, 1.165) is 6.54 Å². The van der Waals surface area contributed by atoms with E-state index in [0.29, 0.717) is 26.4 Å². The molecule has 0 amide bonds. The molecule has 4 nitrogen and oxygen atoms in total.